The van der Waals surface area contributed by atoms with E-state index in [2.05, 4.69) is 20.9 Å². The highest BCUT2D eigenvalue weighted by Gasteiger charge is 2.20. The Kier molecular flexibility index (Phi) is 4.99. The molecule has 15 heavy (non-hydrogen) atoms. The van der Waals surface area contributed by atoms with Crippen LogP contribution in [-0.4, -0.2) is 26.6 Å². The van der Waals surface area contributed by atoms with Crippen molar-refractivity contribution in [1.82, 2.24) is 4.98 Å². The van der Waals surface area contributed by atoms with Gasteiger partial charge < -0.3 is 10.2 Å². The third kappa shape index (κ3) is 3.41. The molecule has 0 aromatic carbocycles. The number of aryl methyl sites for hydroxylation is 1. The van der Waals surface area contributed by atoms with Gasteiger partial charge in [-0.2, -0.15) is 0 Å². The Hall–Kier alpha value is -0.160. The molecule has 2 atom stereocenters. The van der Waals surface area contributed by atoms with Crippen molar-refractivity contribution < 1.29 is 10.2 Å². The van der Waals surface area contributed by atoms with Crippen LogP contribution < -0.4 is 0 Å². The zero-order valence-electron chi connectivity index (χ0n) is 8.32. The monoisotopic (exact) mass is 293 g/mol. The quantitative estimate of drug-likeness (QED) is 0.837. The van der Waals surface area contributed by atoms with Crippen LogP contribution in [0.4, 0.5) is 0 Å². The van der Waals surface area contributed by atoms with Crippen LogP contribution in [0.1, 0.15) is 23.8 Å². The van der Waals surface area contributed by atoms with Gasteiger partial charge in [0.25, 0.3) is 0 Å². The van der Waals surface area contributed by atoms with Crippen LogP contribution in [0.25, 0.3) is 0 Å². The zero-order valence-corrected chi connectivity index (χ0v) is 10.7. The van der Waals surface area contributed by atoms with E-state index in [0.29, 0.717) is 22.5 Å². The summed E-state index contributed by atoms with van der Waals surface area (Å²) in [5.74, 6) is 0. The Balaban J connectivity index is 2.86. The fourth-order valence-corrected chi connectivity index (χ4v) is 1.99. The van der Waals surface area contributed by atoms with Gasteiger partial charge in [-0.05, 0) is 25.0 Å². The molecule has 5 heteroatoms. The topological polar surface area (TPSA) is 53.4 Å². The lowest BCUT2D eigenvalue weighted by molar-refractivity contribution is 0.0144. The van der Waals surface area contributed by atoms with Crippen LogP contribution in [0.3, 0.4) is 0 Å². The van der Waals surface area contributed by atoms with Crippen molar-refractivity contribution in [3.05, 3.63) is 28.5 Å². The minimum Gasteiger partial charge on any atom is -0.390 e. The van der Waals surface area contributed by atoms with Gasteiger partial charge >= 0.3 is 0 Å². The summed E-state index contributed by atoms with van der Waals surface area (Å²) in [6, 6.07) is 1.72. The van der Waals surface area contributed by atoms with Gasteiger partial charge in [0.15, 0.2) is 0 Å². The van der Waals surface area contributed by atoms with E-state index in [1.807, 2.05) is 0 Å². The summed E-state index contributed by atoms with van der Waals surface area (Å²) in [6.07, 6.45) is 0.176. The number of hydrogen-bond acceptors (Lipinski definition) is 3. The first kappa shape index (κ1) is 12.9. The number of aromatic nitrogens is 1. The Morgan fingerprint density at radius 2 is 2.20 bits per heavy atom. The molecule has 0 aliphatic heterocycles. The molecule has 0 aliphatic rings. The van der Waals surface area contributed by atoms with E-state index in [1.54, 1.807) is 13.0 Å². The smallest absolute Gasteiger partial charge is 0.122 e. The lowest BCUT2D eigenvalue weighted by Crippen LogP contribution is -2.20. The average molecular weight is 295 g/mol. The molecule has 2 unspecified atom stereocenters. The average Bonchev–Trinajstić information content (AvgIpc) is 2.17. The molecular weight excluding hydrogens is 281 g/mol. The molecule has 1 aromatic heterocycles. The van der Waals surface area contributed by atoms with E-state index in [-0.39, 0.29) is 0 Å². The number of alkyl halides is 1. The first-order chi connectivity index (χ1) is 7.06. The van der Waals surface area contributed by atoms with Crippen molar-refractivity contribution in [3.63, 3.8) is 0 Å². The number of aliphatic hydroxyl groups is 2. The molecule has 0 radical (unpaired) electrons. The van der Waals surface area contributed by atoms with Gasteiger partial charge in [0.1, 0.15) is 6.10 Å². The lowest BCUT2D eigenvalue weighted by Gasteiger charge is -2.18. The number of pyridine rings is 1. The molecular formula is C10H13BrClNO2. The van der Waals surface area contributed by atoms with Gasteiger partial charge in [0, 0.05) is 11.5 Å². The maximum Gasteiger partial charge on any atom is 0.122 e. The van der Waals surface area contributed by atoms with Crippen molar-refractivity contribution in [2.24, 2.45) is 0 Å². The summed E-state index contributed by atoms with van der Waals surface area (Å²) >= 11 is 8.96. The molecule has 0 saturated heterocycles. The summed E-state index contributed by atoms with van der Waals surface area (Å²) < 4.78 is 0. The van der Waals surface area contributed by atoms with Crippen molar-refractivity contribution in [2.75, 3.05) is 5.33 Å². The molecule has 1 rings (SSSR count). The maximum absolute atomic E-state index is 9.82. The Morgan fingerprint density at radius 3 is 2.73 bits per heavy atom. The molecule has 0 fully saturated rings. The molecule has 0 spiro atoms. The van der Waals surface area contributed by atoms with Gasteiger partial charge in [-0.15, -0.1) is 0 Å². The van der Waals surface area contributed by atoms with Crippen LogP contribution in [0.5, 0.6) is 0 Å². The second-order valence-corrected chi connectivity index (χ2v) is 4.57. The molecule has 1 aromatic rings. The summed E-state index contributed by atoms with van der Waals surface area (Å²) in [5, 5.41) is 20.6. The number of aliphatic hydroxyl groups excluding tert-OH is 2. The second-order valence-electron chi connectivity index (χ2n) is 3.35. The largest absolute Gasteiger partial charge is 0.390 e. The minimum absolute atomic E-state index is 0.477. The van der Waals surface area contributed by atoms with Gasteiger partial charge in [-0.3, -0.25) is 4.98 Å². The first-order valence-electron chi connectivity index (χ1n) is 4.60. The molecule has 0 bridgehead atoms. The summed E-state index contributed by atoms with van der Waals surface area (Å²) in [5.41, 5.74) is 1.26. The summed E-state index contributed by atoms with van der Waals surface area (Å²) in [7, 11) is 0. The molecule has 84 valence electrons. The lowest BCUT2D eigenvalue weighted by atomic mass is 10.0. The van der Waals surface area contributed by atoms with E-state index in [4.69, 9.17) is 11.6 Å². The van der Waals surface area contributed by atoms with Gasteiger partial charge in [0.05, 0.1) is 16.8 Å². The second kappa shape index (κ2) is 5.80. The number of nitrogens with zero attached hydrogens (tertiary/aromatic N) is 1. The molecule has 0 amide bonds. The highest BCUT2D eigenvalue weighted by molar-refractivity contribution is 9.09. The highest BCUT2D eigenvalue weighted by atomic mass is 79.9. The maximum atomic E-state index is 9.82. The molecule has 3 nitrogen and oxygen atoms in total. The predicted molar refractivity (Wildman–Crippen MR) is 63.4 cm³/mol. The SMILES string of the molecule is Cc1cc(Cl)cnc1C(O)C(O)CCBr. The van der Waals surface area contributed by atoms with E-state index in [0.717, 1.165) is 5.56 Å². The fourth-order valence-electron chi connectivity index (χ4n) is 1.31. The van der Waals surface area contributed by atoms with E-state index >= 15 is 0 Å². The number of halogens is 2. The van der Waals surface area contributed by atoms with E-state index in [9.17, 15) is 10.2 Å². The van der Waals surface area contributed by atoms with Gasteiger partial charge in [-0.25, -0.2) is 0 Å². The van der Waals surface area contributed by atoms with Crippen molar-refractivity contribution >= 4 is 27.5 Å². The normalized spacial score (nSPS) is 15.0. The van der Waals surface area contributed by atoms with Crippen molar-refractivity contribution in [3.8, 4) is 0 Å². The van der Waals surface area contributed by atoms with Crippen LogP contribution in [0, 0.1) is 6.92 Å². The number of rotatable bonds is 4. The van der Waals surface area contributed by atoms with Crippen LogP contribution >= 0.6 is 27.5 Å². The molecule has 0 saturated carbocycles. The molecule has 0 aliphatic carbocycles. The fraction of sp³-hybridized carbons (Fsp3) is 0.500. The third-order valence-electron chi connectivity index (χ3n) is 2.13. The van der Waals surface area contributed by atoms with Crippen molar-refractivity contribution in [2.45, 2.75) is 25.6 Å². The van der Waals surface area contributed by atoms with E-state index < -0.39 is 12.2 Å². The van der Waals surface area contributed by atoms with Crippen LogP contribution in [0.2, 0.25) is 5.02 Å². The Bertz CT molecular complexity index is 335. The van der Waals surface area contributed by atoms with Crippen LogP contribution in [0.15, 0.2) is 12.3 Å². The predicted octanol–water partition coefficient (Wildman–Crippen LogP) is 2.22. The van der Waals surface area contributed by atoms with Gasteiger partial charge in [-0.1, -0.05) is 27.5 Å². The molecule has 2 N–H and O–H groups in total. The Morgan fingerprint density at radius 1 is 1.53 bits per heavy atom. The molecule has 1 heterocycles. The van der Waals surface area contributed by atoms with Crippen LogP contribution in [-0.2, 0) is 0 Å². The Labute approximate surface area is 102 Å². The first-order valence-corrected chi connectivity index (χ1v) is 6.10. The number of hydrogen-bond donors (Lipinski definition) is 2. The zero-order chi connectivity index (χ0) is 11.4. The van der Waals surface area contributed by atoms with Crippen molar-refractivity contribution in [1.29, 1.82) is 0 Å². The summed E-state index contributed by atoms with van der Waals surface area (Å²) in [6.45, 7) is 1.80. The highest BCUT2D eigenvalue weighted by Crippen LogP contribution is 2.22. The standard InChI is InChI=1S/C10H13BrClNO2/c1-6-4-7(12)5-13-9(6)10(15)8(14)2-3-11/h4-5,8,10,14-15H,2-3H2,1H3. The van der Waals surface area contributed by atoms with Gasteiger partial charge in [0.2, 0.25) is 0 Å². The third-order valence-corrected chi connectivity index (χ3v) is 2.80. The minimum atomic E-state index is -0.959. The van der Waals surface area contributed by atoms with E-state index in [1.165, 1.54) is 6.20 Å². The summed E-state index contributed by atoms with van der Waals surface area (Å²) in [4.78, 5) is 4.02.